The van der Waals surface area contributed by atoms with Crippen molar-refractivity contribution in [2.45, 2.75) is 146 Å². The summed E-state index contributed by atoms with van der Waals surface area (Å²) < 4.78 is 10.9. The number of hydrogen-bond acceptors (Lipinski definition) is 7. The van der Waals surface area contributed by atoms with Gasteiger partial charge < -0.3 is 34.8 Å². The first-order valence-electron chi connectivity index (χ1n) is 24.4. The van der Waals surface area contributed by atoms with E-state index in [2.05, 4.69) is 101 Å². The van der Waals surface area contributed by atoms with Crippen LogP contribution in [0.2, 0.25) is 0 Å². The molecule has 0 amide bonds. The highest BCUT2D eigenvalue weighted by Crippen LogP contribution is 2.48. The molecule has 0 saturated carbocycles. The van der Waals surface area contributed by atoms with Gasteiger partial charge in [0.15, 0.2) is 12.6 Å². The van der Waals surface area contributed by atoms with Gasteiger partial charge in [-0.2, -0.15) is 0 Å². The van der Waals surface area contributed by atoms with Gasteiger partial charge in [0.25, 0.3) is 0 Å². The number of aliphatic hydroxyl groups is 1. The van der Waals surface area contributed by atoms with E-state index >= 15 is 0 Å². The van der Waals surface area contributed by atoms with Crippen LogP contribution in [0, 0.1) is 56.3 Å². The average molecular weight is 889 g/mol. The number of ether oxygens (including phenoxy) is 2. The minimum absolute atomic E-state index is 0.137. The normalized spacial score (nSPS) is 21.8. The summed E-state index contributed by atoms with van der Waals surface area (Å²) in [5, 5.41) is 15.3. The van der Waals surface area contributed by atoms with Crippen molar-refractivity contribution in [1.82, 2.24) is 20.3 Å². The molecule has 0 spiro atoms. The molecule has 3 aromatic heterocycles. The summed E-state index contributed by atoms with van der Waals surface area (Å²) >= 11 is 0. The number of ketones is 1. The number of carbonyl (C=O) groups is 3. The molecule has 3 aliphatic rings. The number of fused-ring (bicyclic) bond motifs is 7. The molecule has 2 aliphatic heterocycles. The van der Waals surface area contributed by atoms with Crippen molar-refractivity contribution in [1.29, 1.82) is 0 Å². The summed E-state index contributed by atoms with van der Waals surface area (Å²) in [5.74, 6) is -0.914. The van der Waals surface area contributed by atoms with Gasteiger partial charge in [-0.15, -0.1) is 0 Å². The van der Waals surface area contributed by atoms with Gasteiger partial charge in [-0.05, 0) is 118 Å². The fourth-order valence-corrected chi connectivity index (χ4v) is 10.5. The molecular formula is C55H76N4O6. The first-order valence-corrected chi connectivity index (χ1v) is 24.4. The van der Waals surface area contributed by atoms with Gasteiger partial charge in [0.1, 0.15) is 12.5 Å². The van der Waals surface area contributed by atoms with E-state index in [0.29, 0.717) is 34.9 Å². The molecule has 1 aliphatic carbocycles. The lowest BCUT2D eigenvalue weighted by molar-refractivity contribution is -0.153. The van der Waals surface area contributed by atoms with E-state index in [9.17, 15) is 19.5 Å². The molecule has 10 nitrogen and oxygen atoms in total. The summed E-state index contributed by atoms with van der Waals surface area (Å²) in [6.45, 7) is 25.3. The van der Waals surface area contributed by atoms with Crippen LogP contribution in [0.5, 0.6) is 0 Å². The lowest BCUT2D eigenvalue weighted by atomic mass is 9.85. The first-order chi connectivity index (χ1) is 31.1. The van der Waals surface area contributed by atoms with Crippen LogP contribution in [0.25, 0.3) is 29.9 Å². The molecule has 3 aromatic rings. The number of aromatic nitrogens is 3. The monoisotopic (exact) mass is 889 g/mol. The van der Waals surface area contributed by atoms with Crippen molar-refractivity contribution in [3.8, 4) is 0 Å². The number of esters is 2. The zero-order valence-electron chi connectivity index (χ0n) is 40.9. The molecule has 1 fully saturated rings. The van der Waals surface area contributed by atoms with Gasteiger partial charge in [-0.25, -0.2) is 0 Å². The third kappa shape index (κ3) is 11.1. The highest BCUT2D eigenvalue weighted by molar-refractivity contribution is 6.24. The lowest BCUT2D eigenvalue weighted by Gasteiger charge is -2.20. The second-order valence-corrected chi connectivity index (χ2v) is 19.8. The standard InChI is InChI=1S/C55H76N4O6/c1-12-39-35(8)42-27-44-37(10)41(23-24-48(61)64-26-25-34(7)22-16-21-33(6)20-15-19-32(5)18-14-17-31(3)4)52(58-44)50-51(55(63)65-30-60)54(62)49-38(11)45(59-53(49)50)29-47-40(13-2)36(9)43(57-47)28-46(39)56-42/h12,25,27-29,31-33,37,41,51,56-60H,1,13-24,26,30H2,2-11H3/b34-25+,43-28-,44-27-,47-29-,52-50-/t32-,33-,37+,41+,51-/m1/s1. The second-order valence-electron chi connectivity index (χ2n) is 19.8. The zero-order valence-corrected chi connectivity index (χ0v) is 40.9. The van der Waals surface area contributed by atoms with E-state index in [-0.39, 0.29) is 36.6 Å². The van der Waals surface area contributed by atoms with E-state index in [0.717, 1.165) is 92.4 Å². The summed E-state index contributed by atoms with van der Waals surface area (Å²) in [5.41, 5.74) is 11.8. The number of nitrogens with one attached hydrogen (secondary N) is 4. The van der Waals surface area contributed by atoms with Gasteiger partial charge in [-0.3, -0.25) is 14.4 Å². The molecule has 0 aromatic carbocycles. The van der Waals surface area contributed by atoms with Gasteiger partial charge in [0.05, 0.1) is 5.69 Å². The van der Waals surface area contributed by atoms with Crippen LogP contribution in [0.4, 0.5) is 0 Å². The molecule has 0 unspecified atom stereocenters. The quantitative estimate of drug-likeness (QED) is 0.0309. The largest absolute Gasteiger partial charge is 0.461 e. The van der Waals surface area contributed by atoms with Crippen molar-refractivity contribution in [3.63, 3.8) is 0 Å². The Morgan fingerprint density at radius 1 is 0.831 bits per heavy atom. The minimum atomic E-state index is -1.30. The van der Waals surface area contributed by atoms with Crippen molar-refractivity contribution in [2.75, 3.05) is 13.4 Å². The number of carbonyl (C=O) groups excluding carboxylic acids is 3. The lowest BCUT2D eigenvalue weighted by Crippen LogP contribution is -2.26. The molecule has 5 N–H and O–H groups in total. The number of aliphatic hydroxyl groups excluding tert-OH is 1. The molecule has 8 bridgehead atoms. The number of aromatic amines is 3. The summed E-state index contributed by atoms with van der Waals surface area (Å²) in [6.07, 6.45) is 22.8. The van der Waals surface area contributed by atoms with Crippen LogP contribution >= 0.6 is 0 Å². The van der Waals surface area contributed by atoms with Crippen molar-refractivity contribution in [2.24, 2.45) is 35.5 Å². The Kier molecular flexibility index (Phi) is 16.6. The minimum Gasteiger partial charge on any atom is -0.461 e. The maximum absolute atomic E-state index is 14.4. The second kappa shape index (κ2) is 21.9. The Morgan fingerprint density at radius 2 is 1.49 bits per heavy atom. The molecule has 352 valence electrons. The predicted molar refractivity (Wildman–Crippen MR) is 263 cm³/mol. The Labute approximate surface area is 387 Å². The predicted octanol–water partition coefficient (Wildman–Crippen LogP) is 10.4. The fraction of sp³-hybridized carbons (Fsp3) is 0.545. The Balaban J connectivity index is 1.23. The molecule has 0 radical (unpaired) electrons. The van der Waals surface area contributed by atoms with Crippen molar-refractivity contribution in [3.05, 3.63) is 96.5 Å². The van der Waals surface area contributed by atoms with E-state index < -0.39 is 18.7 Å². The number of Topliss-reactive ketones (excluding diaryl/α,β-unsaturated/α-hetero) is 1. The summed E-state index contributed by atoms with van der Waals surface area (Å²) in [7, 11) is 0. The van der Waals surface area contributed by atoms with E-state index in [1.54, 1.807) is 0 Å². The van der Waals surface area contributed by atoms with Gasteiger partial charge >= 0.3 is 11.9 Å². The Morgan fingerprint density at radius 3 is 2.15 bits per heavy atom. The highest BCUT2D eigenvalue weighted by Gasteiger charge is 2.48. The number of allylic oxidation sites excluding steroid dienone is 3. The van der Waals surface area contributed by atoms with Crippen LogP contribution in [-0.2, 0) is 25.5 Å². The molecule has 65 heavy (non-hydrogen) atoms. The van der Waals surface area contributed by atoms with Gasteiger partial charge in [0.2, 0.25) is 0 Å². The van der Waals surface area contributed by atoms with Crippen molar-refractivity contribution < 1.29 is 29.0 Å². The molecule has 6 rings (SSSR count). The van der Waals surface area contributed by atoms with Crippen LogP contribution in [-0.4, -0.2) is 51.2 Å². The highest BCUT2D eigenvalue weighted by atomic mass is 16.6. The third-order valence-electron chi connectivity index (χ3n) is 14.6. The molecule has 10 heteroatoms. The SMILES string of the molecule is C=Cc1c2[nH]c(c1C)/C=C1\N/C(=C3\c4[nH]c(c(C)c4C(=O)[C@@H]3C(=O)OCO)/C=c3\[nH]/c(c(C)c3CC)=C\2)[C@@H](CCC(=O)OC/C=C(\C)CCC[C@H](C)CCC[C@H](C)CCCC(C)C)[C@@H]1C. The Hall–Kier alpha value is -5.09. The maximum atomic E-state index is 14.4. The number of H-pyrrole nitrogens is 3. The van der Waals surface area contributed by atoms with E-state index in [4.69, 9.17) is 9.47 Å². The zero-order chi connectivity index (χ0) is 47.1. The maximum Gasteiger partial charge on any atom is 0.323 e. The topological polar surface area (TPSA) is 149 Å². The molecule has 5 atom stereocenters. The van der Waals surface area contributed by atoms with Crippen LogP contribution in [0.1, 0.15) is 180 Å². The van der Waals surface area contributed by atoms with Crippen LogP contribution in [0.15, 0.2) is 29.6 Å². The molecule has 1 saturated heterocycles. The van der Waals surface area contributed by atoms with Crippen LogP contribution in [0.3, 0.4) is 0 Å². The van der Waals surface area contributed by atoms with E-state index in [1.165, 1.54) is 50.5 Å². The smallest absolute Gasteiger partial charge is 0.323 e. The molecular weight excluding hydrogens is 813 g/mol. The Bertz CT molecular complexity index is 2470. The average Bonchev–Trinajstić information content (AvgIpc) is 4.00. The van der Waals surface area contributed by atoms with Crippen LogP contribution < -0.4 is 16.0 Å². The molecule has 5 heterocycles. The van der Waals surface area contributed by atoms with Crippen molar-refractivity contribution >= 4 is 47.6 Å². The first kappa shape index (κ1) is 49.3. The number of hydrogen-bond donors (Lipinski definition) is 5. The van der Waals surface area contributed by atoms with Gasteiger partial charge in [-0.1, -0.05) is 105 Å². The number of rotatable bonds is 21. The fourth-order valence-electron chi connectivity index (χ4n) is 10.5. The third-order valence-corrected chi connectivity index (χ3v) is 14.6. The summed E-state index contributed by atoms with van der Waals surface area (Å²) in [4.78, 5) is 52.4. The van der Waals surface area contributed by atoms with E-state index in [1.807, 2.05) is 25.2 Å². The van der Waals surface area contributed by atoms with Gasteiger partial charge in [0, 0.05) is 74.1 Å². The summed E-state index contributed by atoms with van der Waals surface area (Å²) in [6, 6.07) is 0.